The second kappa shape index (κ2) is 15.3. The Morgan fingerprint density at radius 2 is 0.596 bits per heavy atom. The van der Waals surface area contributed by atoms with Crippen LogP contribution in [0.3, 0.4) is 0 Å². The van der Waals surface area contributed by atoms with Crippen LogP contribution < -0.4 is 27.1 Å². The molecule has 6 aromatic rings. The first kappa shape index (κ1) is 34.8. The van der Waals surface area contributed by atoms with Crippen LogP contribution in [-0.2, 0) is 0 Å². The molecule has 0 aliphatic heterocycles. The monoisotopic (exact) mass is 728 g/mol. The van der Waals surface area contributed by atoms with E-state index in [0.717, 1.165) is 22.3 Å². The number of benzene rings is 6. The number of ketones is 2. The summed E-state index contributed by atoms with van der Waals surface area (Å²) in [4.78, 5) is 28.7. The van der Waals surface area contributed by atoms with Crippen LogP contribution in [0.2, 0.25) is 0 Å². The van der Waals surface area contributed by atoms with Gasteiger partial charge in [0, 0.05) is 11.1 Å². The van der Waals surface area contributed by atoms with E-state index < -0.39 is 23.0 Å². The first-order valence-electron chi connectivity index (χ1n) is 16.5. The van der Waals surface area contributed by atoms with E-state index in [1.54, 1.807) is 36.4 Å². The lowest BCUT2D eigenvalue weighted by atomic mass is 9.83. The van der Waals surface area contributed by atoms with Gasteiger partial charge in [0.05, 0.1) is 11.1 Å². The standard InChI is InChI=1S/C42H34O8P2/c1-27-15-5-9-21-33(27)45-51(46-34-22-10-6-16-28(34)2)49-37-25-13-19-31-39(37)42(44)40-32(41(31)43)20-14-26-38(40)50-52(47-35-23-11-7-17-29(35)3)48-36-24-12-8-18-30(36)4/h5-26H,1-4H3. The Morgan fingerprint density at radius 1 is 0.327 bits per heavy atom. The lowest BCUT2D eigenvalue weighted by Gasteiger charge is -2.25. The smallest absolute Gasteiger partial charge is 0.408 e. The van der Waals surface area contributed by atoms with Crippen LogP contribution in [0.4, 0.5) is 0 Å². The van der Waals surface area contributed by atoms with Crippen LogP contribution in [0, 0.1) is 27.7 Å². The molecule has 52 heavy (non-hydrogen) atoms. The van der Waals surface area contributed by atoms with E-state index in [2.05, 4.69) is 0 Å². The lowest BCUT2D eigenvalue weighted by molar-refractivity contribution is 0.0975. The molecule has 6 aromatic carbocycles. The summed E-state index contributed by atoms with van der Waals surface area (Å²) in [6.07, 6.45) is 0. The average Bonchev–Trinajstić information content (AvgIpc) is 3.14. The Balaban J connectivity index is 1.25. The van der Waals surface area contributed by atoms with Crippen molar-refractivity contribution in [2.24, 2.45) is 0 Å². The summed E-state index contributed by atoms with van der Waals surface area (Å²) >= 11 is 0. The van der Waals surface area contributed by atoms with Crippen molar-refractivity contribution in [3.63, 3.8) is 0 Å². The van der Waals surface area contributed by atoms with Gasteiger partial charge in [-0.3, -0.25) is 9.59 Å². The first-order valence-corrected chi connectivity index (χ1v) is 18.7. The summed E-state index contributed by atoms with van der Waals surface area (Å²) in [5.41, 5.74) is 4.06. The molecule has 0 atom stereocenters. The summed E-state index contributed by atoms with van der Waals surface area (Å²) in [6, 6.07) is 39.8. The van der Waals surface area contributed by atoms with E-state index in [1.165, 1.54) is 0 Å². The minimum absolute atomic E-state index is 0.0780. The Hall–Kier alpha value is -5.68. The third-order valence-electron chi connectivity index (χ3n) is 8.41. The van der Waals surface area contributed by atoms with E-state index >= 15 is 0 Å². The summed E-state index contributed by atoms with van der Waals surface area (Å²) in [5, 5.41) is 0. The fourth-order valence-corrected chi connectivity index (χ4v) is 7.87. The van der Waals surface area contributed by atoms with Gasteiger partial charge in [-0.1, -0.05) is 97.1 Å². The van der Waals surface area contributed by atoms with Gasteiger partial charge in [-0.15, -0.1) is 0 Å². The molecule has 0 amide bonds. The molecular formula is C42H34O8P2. The van der Waals surface area contributed by atoms with E-state index in [0.29, 0.717) is 23.0 Å². The lowest BCUT2D eigenvalue weighted by Crippen LogP contribution is -2.23. The summed E-state index contributed by atoms with van der Waals surface area (Å²) in [6.45, 7) is 7.68. The Labute approximate surface area is 304 Å². The van der Waals surface area contributed by atoms with Crippen molar-refractivity contribution in [3.05, 3.63) is 178 Å². The minimum atomic E-state index is -2.15. The molecule has 0 unspecified atom stereocenters. The molecule has 1 aliphatic carbocycles. The summed E-state index contributed by atoms with van der Waals surface area (Å²) in [5.74, 6) is 1.71. The number of fused-ring (bicyclic) bond motifs is 2. The van der Waals surface area contributed by atoms with Crippen molar-refractivity contribution in [1.29, 1.82) is 0 Å². The number of carbonyl (C=O) groups is 2. The third-order valence-corrected chi connectivity index (χ3v) is 10.5. The zero-order chi connectivity index (χ0) is 36.2. The predicted octanol–water partition coefficient (Wildman–Crippen LogP) is 11.2. The second-order valence-corrected chi connectivity index (χ2v) is 14.1. The number of rotatable bonds is 12. The van der Waals surface area contributed by atoms with E-state index in [4.69, 9.17) is 27.1 Å². The molecule has 10 heteroatoms. The second-order valence-electron chi connectivity index (χ2n) is 12.1. The third kappa shape index (κ3) is 7.36. The zero-order valence-electron chi connectivity index (χ0n) is 28.9. The van der Waals surface area contributed by atoms with E-state index in [9.17, 15) is 9.59 Å². The van der Waals surface area contributed by atoms with E-state index in [-0.39, 0.29) is 39.5 Å². The number of hydrogen-bond donors (Lipinski definition) is 0. The van der Waals surface area contributed by atoms with Crippen molar-refractivity contribution in [2.75, 3.05) is 0 Å². The molecule has 0 saturated heterocycles. The topological polar surface area (TPSA) is 89.5 Å². The van der Waals surface area contributed by atoms with Crippen molar-refractivity contribution in [3.8, 4) is 34.5 Å². The minimum Gasteiger partial charge on any atom is -0.408 e. The van der Waals surface area contributed by atoms with Crippen molar-refractivity contribution in [1.82, 2.24) is 0 Å². The Morgan fingerprint density at radius 3 is 0.904 bits per heavy atom. The van der Waals surface area contributed by atoms with Gasteiger partial charge in [0.25, 0.3) is 0 Å². The number of hydrogen-bond acceptors (Lipinski definition) is 8. The molecule has 0 radical (unpaired) electrons. The van der Waals surface area contributed by atoms with Gasteiger partial charge in [-0.05, 0) is 86.3 Å². The fraction of sp³-hybridized carbons (Fsp3) is 0.0952. The molecule has 260 valence electrons. The molecule has 7 rings (SSSR count). The van der Waals surface area contributed by atoms with Gasteiger partial charge in [0.1, 0.15) is 34.5 Å². The van der Waals surface area contributed by atoms with Gasteiger partial charge in [0.2, 0.25) is 5.78 Å². The van der Waals surface area contributed by atoms with Gasteiger partial charge >= 0.3 is 17.2 Å². The van der Waals surface area contributed by atoms with Crippen LogP contribution in [0.1, 0.15) is 54.1 Å². The number of carbonyl (C=O) groups excluding carboxylic acids is 2. The van der Waals surface area contributed by atoms with Crippen LogP contribution in [0.5, 0.6) is 34.5 Å². The number of aryl methyl sites for hydroxylation is 4. The molecule has 0 bridgehead atoms. The molecule has 0 fully saturated rings. The largest absolute Gasteiger partial charge is 0.530 e. The van der Waals surface area contributed by atoms with Crippen LogP contribution in [-0.4, -0.2) is 11.6 Å². The highest BCUT2D eigenvalue weighted by atomic mass is 31.2. The highest BCUT2D eigenvalue weighted by Gasteiger charge is 2.37. The van der Waals surface area contributed by atoms with Crippen LogP contribution >= 0.6 is 17.2 Å². The molecule has 0 heterocycles. The molecule has 0 N–H and O–H groups in total. The van der Waals surface area contributed by atoms with Crippen molar-refractivity contribution >= 4 is 28.8 Å². The predicted molar refractivity (Wildman–Crippen MR) is 202 cm³/mol. The number of para-hydroxylation sites is 4. The fourth-order valence-electron chi connectivity index (χ4n) is 5.56. The van der Waals surface area contributed by atoms with Crippen LogP contribution in [0.15, 0.2) is 133 Å². The molecule has 0 aromatic heterocycles. The first-order chi connectivity index (χ1) is 25.3. The molecule has 1 aliphatic rings. The maximum absolute atomic E-state index is 14.6. The Bertz CT molecular complexity index is 2040. The molecule has 0 spiro atoms. The zero-order valence-corrected chi connectivity index (χ0v) is 30.7. The quantitative estimate of drug-likeness (QED) is 0.115. The van der Waals surface area contributed by atoms with Crippen molar-refractivity contribution < 1.29 is 36.7 Å². The Kier molecular flexibility index (Phi) is 10.2. The molecular weight excluding hydrogens is 694 g/mol. The maximum atomic E-state index is 14.6. The molecule has 8 nitrogen and oxygen atoms in total. The average molecular weight is 729 g/mol. The molecule has 0 saturated carbocycles. The summed E-state index contributed by atoms with van der Waals surface area (Å²) < 4.78 is 38.1. The van der Waals surface area contributed by atoms with Gasteiger partial charge in [-0.2, -0.15) is 0 Å². The highest BCUT2D eigenvalue weighted by molar-refractivity contribution is 7.43. The summed E-state index contributed by atoms with van der Waals surface area (Å²) in [7, 11) is -4.31. The van der Waals surface area contributed by atoms with Crippen LogP contribution in [0.25, 0.3) is 0 Å². The van der Waals surface area contributed by atoms with E-state index in [1.807, 2.05) is 125 Å². The normalized spacial score (nSPS) is 11.9. The highest BCUT2D eigenvalue weighted by Crippen LogP contribution is 2.49. The van der Waals surface area contributed by atoms with Gasteiger partial charge < -0.3 is 27.1 Å². The van der Waals surface area contributed by atoms with Gasteiger partial charge in [-0.25, -0.2) is 0 Å². The van der Waals surface area contributed by atoms with Crippen molar-refractivity contribution in [2.45, 2.75) is 27.7 Å². The SMILES string of the molecule is Cc1ccccc1OP(Oc1ccccc1C)Oc1cccc2c1C(=O)c1c(OP(Oc3ccccc3C)Oc3ccccc3C)cccc1C2=O. The maximum Gasteiger partial charge on any atom is 0.530 e. The van der Waals surface area contributed by atoms with Gasteiger partial charge in [0.15, 0.2) is 5.78 Å².